The Morgan fingerprint density at radius 1 is 1.27 bits per heavy atom. The summed E-state index contributed by atoms with van der Waals surface area (Å²) in [7, 11) is 0. The molecule has 0 unspecified atom stereocenters. The predicted molar refractivity (Wildman–Crippen MR) is 46.9 cm³/mol. The van der Waals surface area contributed by atoms with Crippen molar-refractivity contribution in [3.63, 3.8) is 0 Å². The SMILES string of the molecule is [Al][c]1cnc2[nH][c]([Al])cc2c1. The molecule has 48 valence electrons. The first-order valence-corrected chi connectivity index (χ1v) is 4.41. The summed E-state index contributed by atoms with van der Waals surface area (Å²) in [5.74, 6) is 0. The molecule has 2 heterocycles. The number of hydrogen-bond donors (Lipinski definition) is 1. The Bertz CT molecular complexity index is 394. The summed E-state index contributed by atoms with van der Waals surface area (Å²) in [4.78, 5) is 7.34. The van der Waals surface area contributed by atoms with E-state index in [4.69, 9.17) is 0 Å². The van der Waals surface area contributed by atoms with E-state index >= 15 is 0 Å². The molecule has 1 N–H and O–H groups in total. The van der Waals surface area contributed by atoms with E-state index in [0.29, 0.717) is 0 Å². The van der Waals surface area contributed by atoms with E-state index < -0.39 is 0 Å². The molecule has 0 aliphatic rings. The minimum absolute atomic E-state index is 0.946. The number of rotatable bonds is 0. The zero-order valence-corrected chi connectivity index (χ0v) is 8.14. The van der Waals surface area contributed by atoms with Gasteiger partial charge < -0.3 is 4.98 Å². The number of pyridine rings is 1. The Labute approximate surface area is 80.9 Å². The summed E-state index contributed by atoms with van der Waals surface area (Å²) in [5.41, 5.74) is 0.946. The van der Waals surface area contributed by atoms with Gasteiger partial charge in [-0.3, -0.25) is 0 Å². The van der Waals surface area contributed by atoms with Gasteiger partial charge in [0.1, 0.15) is 5.65 Å². The highest BCUT2D eigenvalue weighted by molar-refractivity contribution is 6.34. The second-order valence-corrected chi connectivity index (χ2v) is 3.72. The van der Waals surface area contributed by atoms with E-state index in [-0.39, 0.29) is 0 Å². The number of fused-ring (bicyclic) bond motifs is 1. The third-order valence-electron chi connectivity index (χ3n) is 1.51. The average Bonchev–Trinajstić information content (AvgIpc) is 2.27. The molecule has 2 aromatic rings. The van der Waals surface area contributed by atoms with Crippen LogP contribution in [0.2, 0.25) is 0 Å². The van der Waals surface area contributed by atoms with Gasteiger partial charge in [0.2, 0.25) is 16.3 Å². The molecular formula is C7H4Al2N2. The van der Waals surface area contributed by atoms with Gasteiger partial charge in [0.05, 0.1) is 0 Å². The predicted octanol–water partition coefficient (Wildman–Crippen LogP) is -0.850. The van der Waals surface area contributed by atoms with Crippen LogP contribution in [-0.2, 0) is 0 Å². The number of H-pyrrole nitrogens is 1. The first-order chi connectivity index (χ1) is 5.25. The molecule has 0 aliphatic heterocycles. The van der Waals surface area contributed by atoms with Crippen LogP contribution >= 0.6 is 0 Å². The molecule has 0 fully saturated rings. The molecular weight excluding hydrogens is 166 g/mol. The topological polar surface area (TPSA) is 28.7 Å². The van der Waals surface area contributed by atoms with E-state index in [1.165, 1.54) is 0 Å². The summed E-state index contributed by atoms with van der Waals surface area (Å²) < 4.78 is 2.18. The fourth-order valence-electron chi connectivity index (χ4n) is 1.05. The van der Waals surface area contributed by atoms with Crippen molar-refractivity contribution in [3.05, 3.63) is 18.3 Å². The van der Waals surface area contributed by atoms with Crippen LogP contribution in [-0.4, -0.2) is 42.5 Å². The third kappa shape index (κ3) is 1.36. The van der Waals surface area contributed by atoms with Gasteiger partial charge in [-0.2, -0.15) is 0 Å². The molecule has 0 aliphatic carbocycles. The van der Waals surface area contributed by atoms with Crippen LogP contribution < -0.4 is 8.98 Å². The van der Waals surface area contributed by atoms with Gasteiger partial charge in [-0.1, -0.05) is 16.7 Å². The Hall–Kier alpha value is -0.245. The molecule has 4 heteroatoms. The van der Waals surface area contributed by atoms with Crippen molar-refractivity contribution < 1.29 is 0 Å². The van der Waals surface area contributed by atoms with Crippen molar-refractivity contribution in [3.8, 4) is 0 Å². The zero-order chi connectivity index (χ0) is 7.84. The van der Waals surface area contributed by atoms with E-state index in [0.717, 1.165) is 20.0 Å². The van der Waals surface area contributed by atoms with Gasteiger partial charge >= 0.3 is 0 Å². The molecule has 11 heavy (non-hydrogen) atoms. The molecule has 4 radical (unpaired) electrons. The van der Waals surface area contributed by atoms with Crippen molar-refractivity contribution in [1.29, 1.82) is 0 Å². The summed E-state index contributed by atoms with van der Waals surface area (Å²) >= 11 is 5.24. The number of nitrogens with one attached hydrogen (secondary N) is 1. The monoisotopic (exact) mass is 170 g/mol. The fraction of sp³-hybridized carbons (Fsp3) is 0. The Morgan fingerprint density at radius 2 is 2.09 bits per heavy atom. The highest BCUT2D eigenvalue weighted by atomic mass is 27.1. The Balaban J connectivity index is 2.82. The highest BCUT2D eigenvalue weighted by Crippen LogP contribution is 2.02. The van der Waals surface area contributed by atoms with E-state index in [2.05, 4.69) is 54.7 Å². The minimum Gasteiger partial charge on any atom is -0.362 e. The standard InChI is InChI=1S/C7H4N2.2Al/c1-2-6-3-5-9-7(6)8-4-1;;/h2-4H,(H,8,9);;. The Morgan fingerprint density at radius 3 is 2.91 bits per heavy atom. The second kappa shape index (κ2) is 2.66. The molecule has 0 bridgehead atoms. The van der Waals surface area contributed by atoms with E-state index in [1.54, 1.807) is 0 Å². The molecule has 0 amide bonds. The molecule has 0 saturated carbocycles. The van der Waals surface area contributed by atoms with E-state index in [9.17, 15) is 0 Å². The lowest BCUT2D eigenvalue weighted by Gasteiger charge is -1.90. The van der Waals surface area contributed by atoms with Crippen molar-refractivity contribution in [1.82, 2.24) is 9.97 Å². The molecule has 0 aromatic carbocycles. The number of aromatic nitrogens is 2. The van der Waals surface area contributed by atoms with Crippen LogP contribution in [0.4, 0.5) is 0 Å². The summed E-state index contributed by atoms with van der Waals surface area (Å²) in [5, 5.41) is 1.16. The van der Waals surface area contributed by atoms with Gasteiger partial charge in [0.25, 0.3) is 0 Å². The summed E-state index contributed by atoms with van der Waals surface area (Å²) in [6, 6.07) is 4.14. The van der Waals surface area contributed by atoms with Gasteiger partial charge in [-0.15, -0.1) is 4.43 Å². The van der Waals surface area contributed by atoms with Crippen LogP contribution in [0.1, 0.15) is 0 Å². The van der Waals surface area contributed by atoms with Crippen LogP contribution in [0.3, 0.4) is 0 Å². The van der Waals surface area contributed by atoms with E-state index in [1.807, 2.05) is 6.20 Å². The lowest BCUT2D eigenvalue weighted by Crippen LogP contribution is -2.01. The molecule has 2 rings (SSSR count). The number of nitrogens with zero attached hydrogens (tertiary/aromatic N) is 1. The van der Waals surface area contributed by atoms with Crippen LogP contribution in [0.25, 0.3) is 11.0 Å². The quantitative estimate of drug-likeness (QED) is 0.512. The van der Waals surface area contributed by atoms with Gasteiger partial charge in [-0.05, 0) is 0 Å². The fourth-order valence-corrected chi connectivity index (χ4v) is 1.62. The van der Waals surface area contributed by atoms with Gasteiger partial charge in [-0.25, -0.2) is 4.98 Å². The first-order valence-electron chi connectivity index (χ1n) is 3.25. The lowest BCUT2D eigenvalue weighted by atomic mass is 10.3. The summed E-state index contributed by atoms with van der Waals surface area (Å²) in [6.45, 7) is 0. The van der Waals surface area contributed by atoms with Crippen molar-refractivity contribution >= 4 is 52.6 Å². The molecule has 0 saturated heterocycles. The smallest absolute Gasteiger partial charge is 0.205 e. The Kier molecular flexibility index (Phi) is 1.79. The van der Waals surface area contributed by atoms with Crippen LogP contribution in [0.15, 0.2) is 18.3 Å². The lowest BCUT2D eigenvalue weighted by molar-refractivity contribution is 1.36. The number of aromatic amines is 1. The molecule has 0 atom stereocenters. The van der Waals surface area contributed by atoms with Gasteiger partial charge in [0.15, 0.2) is 16.3 Å². The minimum atomic E-state index is 0.946. The van der Waals surface area contributed by atoms with Gasteiger partial charge in [0, 0.05) is 11.6 Å². The average molecular weight is 170 g/mol. The number of hydrogen-bond acceptors (Lipinski definition) is 1. The highest BCUT2D eigenvalue weighted by Gasteiger charge is 1.95. The molecule has 2 aromatic heterocycles. The largest absolute Gasteiger partial charge is 0.362 e. The zero-order valence-electron chi connectivity index (χ0n) is 5.83. The normalized spacial score (nSPS) is 10.5. The second-order valence-electron chi connectivity index (χ2n) is 2.43. The van der Waals surface area contributed by atoms with Crippen molar-refractivity contribution in [2.75, 3.05) is 0 Å². The first kappa shape index (κ1) is 7.41. The maximum absolute atomic E-state index is 4.21. The summed E-state index contributed by atoms with van der Waals surface area (Å²) in [6.07, 6.45) is 1.83. The third-order valence-corrected chi connectivity index (χ3v) is 2.14. The maximum atomic E-state index is 4.21. The van der Waals surface area contributed by atoms with Crippen LogP contribution in [0, 0.1) is 0 Å². The molecule has 2 nitrogen and oxygen atoms in total. The maximum Gasteiger partial charge on any atom is 0.205 e. The van der Waals surface area contributed by atoms with Crippen molar-refractivity contribution in [2.45, 2.75) is 0 Å². The molecule has 0 spiro atoms. The van der Waals surface area contributed by atoms with Crippen molar-refractivity contribution in [2.24, 2.45) is 0 Å². The van der Waals surface area contributed by atoms with Crippen LogP contribution in [0.5, 0.6) is 0 Å².